The second kappa shape index (κ2) is 5.92. The molecular formula is C15H18N4O2S. The lowest BCUT2D eigenvalue weighted by molar-refractivity contribution is 0.0745. The van der Waals surface area contributed by atoms with Gasteiger partial charge in [0.25, 0.3) is 11.5 Å². The first-order valence-electron chi connectivity index (χ1n) is 7.21. The Labute approximate surface area is 132 Å². The van der Waals surface area contributed by atoms with E-state index in [-0.39, 0.29) is 17.0 Å². The average Bonchev–Trinajstić information content (AvgIpc) is 2.93. The van der Waals surface area contributed by atoms with Gasteiger partial charge in [-0.05, 0) is 26.0 Å². The van der Waals surface area contributed by atoms with Gasteiger partial charge in [0.2, 0.25) is 0 Å². The number of carbonyl (C=O) groups excluding carboxylic acids is 1. The standard InChI is InChI=1S/C15H18N4O2S/c1-10-3-4-12(13(20)16-10)14(21)18-5-7-19(8-6-18)15-17-11(2)9-22-15/h3-4,9H,5-8H2,1-2H3,(H,16,20). The van der Waals surface area contributed by atoms with E-state index in [2.05, 4.69) is 14.9 Å². The van der Waals surface area contributed by atoms with E-state index in [9.17, 15) is 9.59 Å². The Morgan fingerprint density at radius 1 is 1.23 bits per heavy atom. The fraction of sp³-hybridized carbons (Fsp3) is 0.400. The van der Waals surface area contributed by atoms with Crippen molar-refractivity contribution in [2.24, 2.45) is 0 Å². The molecule has 0 spiro atoms. The summed E-state index contributed by atoms with van der Waals surface area (Å²) in [7, 11) is 0. The van der Waals surface area contributed by atoms with Gasteiger partial charge < -0.3 is 14.8 Å². The van der Waals surface area contributed by atoms with E-state index in [1.54, 1.807) is 35.3 Å². The van der Waals surface area contributed by atoms with Crippen LogP contribution in [-0.2, 0) is 0 Å². The Bertz CT molecular complexity index is 744. The predicted octanol–water partition coefficient (Wildman–Crippen LogP) is 1.41. The highest BCUT2D eigenvalue weighted by atomic mass is 32.1. The number of H-pyrrole nitrogens is 1. The van der Waals surface area contributed by atoms with Crippen molar-refractivity contribution < 1.29 is 4.79 Å². The van der Waals surface area contributed by atoms with E-state index in [0.29, 0.717) is 13.1 Å². The Balaban J connectivity index is 1.68. The quantitative estimate of drug-likeness (QED) is 0.909. The molecule has 0 atom stereocenters. The van der Waals surface area contributed by atoms with Crippen molar-refractivity contribution in [3.63, 3.8) is 0 Å². The number of nitrogens with zero attached hydrogens (tertiary/aromatic N) is 3. The summed E-state index contributed by atoms with van der Waals surface area (Å²) in [4.78, 5) is 35.4. The van der Waals surface area contributed by atoms with Crippen LogP contribution in [0.25, 0.3) is 0 Å². The van der Waals surface area contributed by atoms with Gasteiger partial charge >= 0.3 is 0 Å². The van der Waals surface area contributed by atoms with Gasteiger partial charge in [-0.3, -0.25) is 9.59 Å². The fourth-order valence-corrected chi connectivity index (χ4v) is 3.36. The van der Waals surface area contributed by atoms with E-state index in [1.807, 2.05) is 12.3 Å². The fourth-order valence-electron chi connectivity index (χ4n) is 2.50. The third kappa shape index (κ3) is 2.89. The molecule has 6 nitrogen and oxygen atoms in total. The predicted molar refractivity (Wildman–Crippen MR) is 86.8 cm³/mol. The molecule has 0 aliphatic carbocycles. The molecule has 1 aliphatic heterocycles. The molecule has 0 unspecified atom stereocenters. The molecule has 1 aliphatic rings. The average molecular weight is 318 g/mol. The first kappa shape index (κ1) is 14.8. The van der Waals surface area contributed by atoms with Gasteiger partial charge in [0.15, 0.2) is 5.13 Å². The van der Waals surface area contributed by atoms with Crippen LogP contribution < -0.4 is 10.5 Å². The lowest BCUT2D eigenvalue weighted by Crippen LogP contribution is -2.49. The topological polar surface area (TPSA) is 69.3 Å². The number of anilines is 1. The van der Waals surface area contributed by atoms with Crippen LogP contribution in [0.2, 0.25) is 0 Å². The second-order valence-corrected chi connectivity index (χ2v) is 6.27. The lowest BCUT2D eigenvalue weighted by atomic mass is 10.2. The molecule has 7 heteroatoms. The zero-order valence-electron chi connectivity index (χ0n) is 12.6. The molecule has 3 rings (SSSR count). The minimum Gasteiger partial charge on any atom is -0.345 e. The number of aryl methyl sites for hydroxylation is 2. The Morgan fingerprint density at radius 2 is 1.95 bits per heavy atom. The number of hydrogen-bond donors (Lipinski definition) is 1. The molecule has 3 heterocycles. The zero-order chi connectivity index (χ0) is 15.7. The van der Waals surface area contributed by atoms with Crippen molar-refractivity contribution in [1.82, 2.24) is 14.9 Å². The van der Waals surface area contributed by atoms with Gasteiger partial charge in [-0.2, -0.15) is 0 Å². The Morgan fingerprint density at radius 3 is 2.55 bits per heavy atom. The van der Waals surface area contributed by atoms with Crippen LogP contribution in [0, 0.1) is 13.8 Å². The maximum Gasteiger partial charge on any atom is 0.260 e. The van der Waals surface area contributed by atoms with Crippen molar-refractivity contribution in [3.05, 3.63) is 44.8 Å². The summed E-state index contributed by atoms with van der Waals surface area (Å²) in [6.07, 6.45) is 0. The summed E-state index contributed by atoms with van der Waals surface area (Å²) in [5.41, 5.74) is 1.67. The molecule has 22 heavy (non-hydrogen) atoms. The SMILES string of the molecule is Cc1csc(N2CCN(C(=O)c3ccc(C)[nH]c3=O)CC2)n1. The third-order valence-corrected chi connectivity index (χ3v) is 4.75. The molecule has 0 radical (unpaired) electrons. The van der Waals surface area contributed by atoms with E-state index in [1.165, 1.54) is 0 Å². The summed E-state index contributed by atoms with van der Waals surface area (Å²) in [5.74, 6) is -0.198. The van der Waals surface area contributed by atoms with Crippen LogP contribution >= 0.6 is 11.3 Å². The van der Waals surface area contributed by atoms with Crippen molar-refractivity contribution >= 4 is 22.4 Å². The number of pyridine rings is 1. The van der Waals surface area contributed by atoms with Crippen molar-refractivity contribution in [2.45, 2.75) is 13.8 Å². The highest BCUT2D eigenvalue weighted by molar-refractivity contribution is 7.13. The number of thiazole rings is 1. The van der Waals surface area contributed by atoms with Crippen molar-refractivity contribution in [1.29, 1.82) is 0 Å². The van der Waals surface area contributed by atoms with Crippen molar-refractivity contribution in [3.8, 4) is 0 Å². The molecule has 0 bridgehead atoms. The maximum absolute atomic E-state index is 12.5. The summed E-state index contributed by atoms with van der Waals surface area (Å²) < 4.78 is 0. The van der Waals surface area contributed by atoms with Crippen molar-refractivity contribution in [2.75, 3.05) is 31.1 Å². The lowest BCUT2D eigenvalue weighted by Gasteiger charge is -2.34. The van der Waals surface area contributed by atoms with Crippen LogP contribution in [0.3, 0.4) is 0 Å². The zero-order valence-corrected chi connectivity index (χ0v) is 13.4. The van der Waals surface area contributed by atoms with E-state index >= 15 is 0 Å². The van der Waals surface area contributed by atoms with Gasteiger partial charge in [0.1, 0.15) is 5.56 Å². The summed E-state index contributed by atoms with van der Waals surface area (Å²) in [5, 5.41) is 3.02. The van der Waals surface area contributed by atoms with Gasteiger partial charge in [-0.1, -0.05) is 0 Å². The monoisotopic (exact) mass is 318 g/mol. The van der Waals surface area contributed by atoms with Crippen LogP contribution in [0.1, 0.15) is 21.7 Å². The molecule has 116 valence electrons. The minimum atomic E-state index is -0.317. The highest BCUT2D eigenvalue weighted by Crippen LogP contribution is 2.21. The van der Waals surface area contributed by atoms with Gasteiger partial charge in [0, 0.05) is 37.3 Å². The summed E-state index contributed by atoms with van der Waals surface area (Å²) in [6.45, 7) is 6.45. The van der Waals surface area contributed by atoms with Crippen LogP contribution in [0.15, 0.2) is 22.3 Å². The number of rotatable bonds is 2. The second-order valence-electron chi connectivity index (χ2n) is 5.43. The Hall–Kier alpha value is -2.15. The van der Waals surface area contributed by atoms with E-state index in [0.717, 1.165) is 29.6 Å². The maximum atomic E-state index is 12.5. The normalized spacial score (nSPS) is 15.2. The third-order valence-electron chi connectivity index (χ3n) is 3.73. The van der Waals surface area contributed by atoms with Gasteiger partial charge in [-0.15, -0.1) is 11.3 Å². The number of amides is 1. The number of aromatic amines is 1. The van der Waals surface area contributed by atoms with Gasteiger partial charge in [0.05, 0.1) is 5.69 Å². The molecule has 1 fully saturated rings. The number of piperazine rings is 1. The first-order chi connectivity index (χ1) is 10.5. The number of aromatic nitrogens is 2. The number of hydrogen-bond acceptors (Lipinski definition) is 5. The number of carbonyl (C=O) groups is 1. The summed E-state index contributed by atoms with van der Waals surface area (Å²) in [6, 6.07) is 3.36. The van der Waals surface area contributed by atoms with Crippen LogP contribution in [-0.4, -0.2) is 47.0 Å². The molecule has 1 amide bonds. The van der Waals surface area contributed by atoms with Crippen LogP contribution in [0.5, 0.6) is 0 Å². The van der Waals surface area contributed by atoms with E-state index < -0.39 is 0 Å². The van der Waals surface area contributed by atoms with Crippen LogP contribution in [0.4, 0.5) is 5.13 Å². The smallest absolute Gasteiger partial charge is 0.260 e. The molecule has 2 aromatic rings. The minimum absolute atomic E-state index is 0.198. The summed E-state index contributed by atoms with van der Waals surface area (Å²) >= 11 is 1.62. The molecule has 0 aromatic carbocycles. The molecule has 1 N–H and O–H groups in total. The molecular weight excluding hydrogens is 300 g/mol. The largest absolute Gasteiger partial charge is 0.345 e. The highest BCUT2D eigenvalue weighted by Gasteiger charge is 2.24. The molecule has 2 aromatic heterocycles. The Kier molecular flexibility index (Phi) is 3.98. The van der Waals surface area contributed by atoms with Gasteiger partial charge in [-0.25, -0.2) is 4.98 Å². The molecule has 0 saturated carbocycles. The first-order valence-corrected chi connectivity index (χ1v) is 8.09. The number of nitrogens with one attached hydrogen (secondary N) is 1. The molecule has 1 saturated heterocycles. The van der Waals surface area contributed by atoms with E-state index in [4.69, 9.17) is 0 Å².